The first-order chi connectivity index (χ1) is 16.7. The molecule has 1 aromatic heterocycles. The van der Waals surface area contributed by atoms with Crippen molar-refractivity contribution < 1.29 is 24.2 Å². The Morgan fingerprint density at radius 1 is 1.22 bits per heavy atom. The van der Waals surface area contributed by atoms with Gasteiger partial charge in [0, 0.05) is 24.4 Å². The van der Waals surface area contributed by atoms with Crippen LogP contribution in [0.15, 0.2) is 6.07 Å². The number of hydrogen-bond acceptors (Lipinski definition) is 5. The van der Waals surface area contributed by atoms with Gasteiger partial charge in [0.05, 0.1) is 22.8 Å². The fourth-order valence-electron chi connectivity index (χ4n) is 4.83. The molecule has 2 fully saturated rings. The third kappa shape index (κ3) is 6.89. The van der Waals surface area contributed by atoms with Crippen LogP contribution >= 0.6 is 11.3 Å². The number of carbonyl (C=O) groups excluding carboxylic acids is 2. The van der Waals surface area contributed by atoms with Crippen molar-refractivity contribution in [2.75, 3.05) is 24.6 Å². The van der Waals surface area contributed by atoms with Crippen LogP contribution in [0.2, 0.25) is 0 Å². The van der Waals surface area contributed by atoms with E-state index in [1.807, 2.05) is 34.6 Å². The minimum Gasteiger partial charge on any atom is -0.477 e. The third-order valence-electron chi connectivity index (χ3n) is 6.81. The zero-order valence-corrected chi connectivity index (χ0v) is 23.5. The lowest BCUT2D eigenvalue weighted by atomic mass is 9.82. The van der Waals surface area contributed by atoms with Crippen LogP contribution in [0.4, 0.5) is 5.69 Å². The van der Waals surface area contributed by atoms with Gasteiger partial charge in [0.2, 0.25) is 11.8 Å². The topological polar surface area (TPSA) is 87.2 Å². The molecule has 1 aliphatic heterocycles. The summed E-state index contributed by atoms with van der Waals surface area (Å²) in [7, 11) is 0. The molecule has 7 nitrogen and oxygen atoms in total. The van der Waals surface area contributed by atoms with E-state index in [2.05, 4.69) is 18.8 Å². The maximum atomic E-state index is 14.0. The maximum absolute atomic E-state index is 14.0. The Kier molecular flexibility index (Phi) is 8.57. The molecule has 0 spiro atoms. The summed E-state index contributed by atoms with van der Waals surface area (Å²) in [6, 6.07) is 0.824. The third-order valence-corrected chi connectivity index (χ3v) is 7.84. The van der Waals surface area contributed by atoms with Crippen molar-refractivity contribution in [2.24, 2.45) is 17.3 Å². The first kappa shape index (κ1) is 28.2. The molecule has 0 radical (unpaired) electrons. The predicted octanol–water partition coefficient (Wildman–Crippen LogP) is 5.03. The number of ether oxygens (including phenoxy) is 1. The van der Waals surface area contributed by atoms with Crippen molar-refractivity contribution in [1.82, 2.24) is 4.90 Å². The quantitative estimate of drug-likeness (QED) is 0.555. The Bertz CT molecular complexity index is 1050. The van der Waals surface area contributed by atoms with Crippen molar-refractivity contribution >= 4 is 34.8 Å². The van der Waals surface area contributed by atoms with Gasteiger partial charge >= 0.3 is 5.97 Å². The summed E-state index contributed by atoms with van der Waals surface area (Å²) >= 11 is 1.05. The summed E-state index contributed by atoms with van der Waals surface area (Å²) in [5.41, 5.74) is -0.469. The Labute approximate surface area is 219 Å². The summed E-state index contributed by atoms with van der Waals surface area (Å²) in [5.74, 6) is 5.05. The Morgan fingerprint density at radius 3 is 2.42 bits per heavy atom. The Morgan fingerprint density at radius 2 is 1.86 bits per heavy atom. The average Bonchev–Trinajstić information content (AvgIpc) is 3.21. The largest absolute Gasteiger partial charge is 0.477 e. The molecular formula is C28H40N2O5S. The lowest BCUT2D eigenvalue weighted by Crippen LogP contribution is -2.57. The molecule has 198 valence electrons. The van der Waals surface area contributed by atoms with E-state index in [1.54, 1.807) is 17.9 Å². The van der Waals surface area contributed by atoms with Crippen molar-refractivity contribution in [3.63, 3.8) is 0 Å². The van der Waals surface area contributed by atoms with Crippen LogP contribution in [-0.4, -0.2) is 59.1 Å². The molecule has 1 N–H and O–H groups in total. The standard InChI is InChI=1S/C28H40N2O5S/c1-18-8-10-20(11-9-18)25(32)30(19(2)24(31)29-14-15-35-28(6,7)17-29)22-16-21(12-13-27(3,4)5)36-23(22)26(33)34/h16,18-20H,8-11,14-15,17H2,1-7H3,(H,33,34)/t18-,19-,20-/m0/s1. The Hall–Kier alpha value is -2.37. The van der Waals surface area contributed by atoms with E-state index >= 15 is 0 Å². The van der Waals surface area contributed by atoms with Crippen molar-refractivity contribution in [2.45, 2.75) is 85.8 Å². The number of carboxylic acid groups (broad SMARTS) is 1. The van der Waals surface area contributed by atoms with E-state index in [0.29, 0.717) is 30.5 Å². The number of carboxylic acids is 1. The smallest absolute Gasteiger partial charge is 0.348 e. The van der Waals surface area contributed by atoms with E-state index in [0.717, 1.165) is 37.0 Å². The lowest BCUT2D eigenvalue weighted by Gasteiger charge is -2.41. The van der Waals surface area contributed by atoms with Crippen LogP contribution in [-0.2, 0) is 14.3 Å². The monoisotopic (exact) mass is 516 g/mol. The fourth-order valence-corrected chi connectivity index (χ4v) is 5.67. The van der Waals surface area contributed by atoms with Crippen LogP contribution in [0.5, 0.6) is 0 Å². The highest BCUT2D eigenvalue weighted by atomic mass is 32.1. The Balaban J connectivity index is 2.03. The predicted molar refractivity (Wildman–Crippen MR) is 142 cm³/mol. The molecule has 1 saturated heterocycles. The number of hydrogen-bond donors (Lipinski definition) is 1. The van der Waals surface area contributed by atoms with Crippen LogP contribution in [0, 0.1) is 29.1 Å². The summed E-state index contributed by atoms with van der Waals surface area (Å²) in [4.78, 5) is 43.7. The number of rotatable bonds is 5. The number of carbonyl (C=O) groups is 3. The van der Waals surface area contributed by atoms with Gasteiger partial charge in [0.15, 0.2) is 0 Å². The number of aromatic carboxylic acids is 1. The lowest BCUT2D eigenvalue weighted by molar-refractivity contribution is -0.148. The first-order valence-electron chi connectivity index (χ1n) is 12.8. The van der Waals surface area contributed by atoms with Crippen molar-refractivity contribution in [3.8, 4) is 11.8 Å². The second-order valence-electron chi connectivity index (χ2n) is 11.8. The number of morpholine rings is 1. The van der Waals surface area contributed by atoms with Gasteiger partial charge in [-0.3, -0.25) is 14.5 Å². The van der Waals surface area contributed by atoms with E-state index in [4.69, 9.17) is 4.74 Å². The summed E-state index contributed by atoms with van der Waals surface area (Å²) in [6.45, 7) is 15.0. The normalized spacial score (nSPS) is 22.8. The second kappa shape index (κ2) is 10.9. The van der Waals surface area contributed by atoms with Crippen LogP contribution in [0.25, 0.3) is 0 Å². The van der Waals surface area contributed by atoms with E-state index in [1.165, 1.54) is 4.90 Å². The van der Waals surface area contributed by atoms with Crippen LogP contribution in [0.3, 0.4) is 0 Å². The summed E-state index contributed by atoms with van der Waals surface area (Å²) < 4.78 is 5.77. The molecule has 2 aliphatic rings. The highest BCUT2D eigenvalue weighted by Crippen LogP contribution is 2.36. The van der Waals surface area contributed by atoms with E-state index in [9.17, 15) is 19.5 Å². The van der Waals surface area contributed by atoms with Gasteiger partial charge in [-0.25, -0.2) is 4.79 Å². The molecule has 2 heterocycles. The highest BCUT2D eigenvalue weighted by Gasteiger charge is 2.40. The number of nitrogens with zero attached hydrogens (tertiary/aromatic N) is 2. The van der Waals surface area contributed by atoms with Gasteiger partial charge < -0.3 is 14.7 Å². The zero-order valence-electron chi connectivity index (χ0n) is 22.6. The molecule has 36 heavy (non-hydrogen) atoms. The number of amides is 2. The van der Waals surface area contributed by atoms with Gasteiger partial charge in [-0.15, -0.1) is 11.3 Å². The molecular weight excluding hydrogens is 476 g/mol. The van der Waals surface area contributed by atoms with Crippen LogP contribution < -0.4 is 4.90 Å². The molecule has 1 aliphatic carbocycles. The highest BCUT2D eigenvalue weighted by molar-refractivity contribution is 7.15. The van der Waals surface area contributed by atoms with Gasteiger partial charge in [0.25, 0.3) is 0 Å². The maximum Gasteiger partial charge on any atom is 0.348 e. The van der Waals surface area contributed by atoms with E-state index in [-0.39, 0.29) is 33.7 Å². The molecule has 1 atom stereocenters. The number of anilines is 1. The first-order valence-corrected chi connectivity index (χ1v) is 13.7. The second-order valence-corrected chi connectivity index (χ2v) is 12.9. The van der Waals surface area contributed by atoms with Crippen molar-refractivity contribution in [1.29, 1.82) is 0 Å². The van der Waals surface area contributed by atoms with E-state index < -0.39 is 17.6 Å². The average molecular weight is 517 g/mol. The molecule has 8 heteroatoms. The molecule has 2 amide bonds. The minimum atomic E-state index is -1.12. The fraction of sp³-hybridized carbons (Fsp3) is 0.679. The minimum absolute atomic E-state index is 0.0349. The van der Waals surface area contributed by atoms with Crippen molar-refractivity contribution in [3.05, 3.63) is 15.8 Å². The molecule has 1 aromatic rings. The number of thiophene rings is 1. The van der Waals surface area contributed by atoms with Gasteiger partial charge in [-0.2, -0.15) is 0 Å². The molecule has 0 unspecified atom stereocenters. The van der Waals surface area contributed by atoms with Gasteiger partial charge in [-0.1, -0.05) is 18.8 Å². The molecule has 0 aromatic carbocycles. The molecule has 3 rings (SSSR count). The molecule has 0 bridgehead atoms. The zero-order chi connectivity index (χ0) is 26.8. The van der Waals surface area contributed by atoms with Crippen LogP contribution in [0.1, 0.15) is 88.7 Å². The van der Waals surface area contributed by atoms with Gasteiger partial charge in [0.1, 0.15) is 10.9 Å². The SMILES string of the molecule is C[C@@H](C(=O)N1CCOC(C)(C)C1)N(c1cc(C#CC(C)(C)C)sc1C(=O)O)C(=O)[C@H]1CC[C@H](C)CC1. The summed E-state index contributed by atoms with van der Waals surface area (Å²) in [6.07, 6.45) is 3.38. The van der Waals surface area contributed by atoms with Gasteiger partial charge in [-0.05, 0) is 79.2 Å². The molecule has 1 saturated carbocycles. The summed E-state index contributed by atoms with van der Waals surface area (Å²) in [5, 5.41) is 10.0.